The Balaban J connectivity index is 1.78. The average Bonchev–Trinajstić information content (AvgIpc) is 3.21. The van der Waals surface area contributed by atoms with Crippen LogP contribution in [-0.2, 0) is 9.59 Å². The number of β-lactam (4-membered cyclic amide) rings is 1. The van der Waals surface area contributed by atoms with Crippen molar-refractivity contribution in [1.82, 2.24) is 25.3 Å². The molecule has 2 aliphatic rings. The molecule has 1 fully saturated rings. The fraction of sp³-hybridized carbons (Fsp3) is 0.133. The van der Waals surface area contributed by atoms with Crippen LogP contribution in [0.1, 0.15) is 18.2 Å². The quantitative estimate of drug-likeness (QED) is 0.640. The minimum absolute atomic E-state index is 0.000275. The van der Waals surface area contributed by atoms with Gasteiger partial charge in [-0.2, -0.15) is 15.4 Å². The number of aliphatic carboxylic acids is 1. The zero-order chi connectivity index (χ0) is 16.8. The van der Waals surface area contributed by atoms with Crippen molar-refractivity contribution in [3.05, 3.63) is 53.3 Å². The van der Waals surface area contributed by atoms with Crippen LogP contribution in [0.4, 0.5) is 0 Å². The number of carbonyl (C=O) groups is 2. The summed E-state index contributed by atoms with van der Waals surface area (Å²) >= 11 is 1.34. The van der Waals surface area contributed by atoms with Crippen molar-refractivity contribution in [3.8, 4) is 0 Å². The second-order valence-corrected chi connectivity index (χ2v) is 6.35. The van der Waals surface area contributed by atoms with Gasteiger partial charge < -0.3 is 5.11 Å². The number of thioether (sulfide) groups is 1. The average molecular weight is 341 g/mol. The van der Waals surface area contributed by atoms with E-state index in [1.54, 1.807) is 31.5 Å². The number of rotatable bonds is 3. The second kappa shape index (κ2) is 5.31. The molecule has 2 aliphatic heterocycles. The van der Waals surface area contributed by atoms with Gasteiger partial charge in [0.05, 0.1) is 11.8 Å². The molecule has 0 aromatic carbocycles. The molecule has 120 valence electrons. The number of carboxylic acid groups (broad SMARTS) is 1. The van der Waals surface area contributed by atoms with Crippen molar-refractivity contribution in [3.63, 3.8) is 0 Å². The van der Waals surface area contributed by atoms with E-state index in [1.807, 2.05) is 0 Å². The summed E-state index contributed by atoms with van der Waals surface area (Å²) < 4.78 is 0. The molecule has 2 N–H and O–H groups in total. The Morgan fingerprint density at radius 2 is 2.25 bits per heavy atom. The third-order valence-electron chi connectivity index (χ3n) is 3.95. The molecule has 4 heterocycles. The van der Waals surface area contributed by atoms with Crippen LogP contribution in [-0.4, -0.2) is 47.7 Å². The summed E-state index contributed by atoms with van der Waals surface area (Å²) in [6.45, 7) is 1.78. The van der Waals surface area contributed by atoms with Crippen molar-refractivity contribution in [2.45, 2.75) is 12.3 Å². The molecular weight excluding hydrogens is 330 g/mol. The maximum atomic E-state index is 12.6. The topological polar surface area (TPSA) is 112 Å². The molecular formula is C15H11N5O3S. The van der Waals surface area contributed by atoms with Crippen molar-refractivity contribution >= 4 is 34.1 Å². The molecule has 2 aromatic heterocycles. The van der Waals surface area contributed by atoms with Gasteiger partial charge in [-0.1, -0.05) is 17.8 Å². The molecule has 4 rings (SSSR count). The third-order valence-corrected chi connectivity index (χ3v) is 5.28. The number of fused-ring (bicyclic) bond motifs is 1. The van der Waals surface area contributed by atoms with Crippen molar-refractivity contribution in [2.24, 2.45) is 0 Å². The molecule has 0 radical (unpaired) electrons. The molecule has 0 saturated carbocycles. The number of carbonyl (C=O) groups excluding carboxylic acids is 1. The third kappa shape index (κ3) is 1.98. The molecule has 8 nitrogen and oxygen atoms in total. The van der Waals surface area contributed by atoms with Crippen LogP contribution in [0.5, 0.6) is 0 Å². The summed E-state index contributed by atoms with van der Waals surface area (Å²) in [7, 11) is 0. The lowest BCUT2D eigenvalue weighted by Gasteiger charge is -2.38. The minimum Gasteiger partial charge on any atom is -0.477 e. The molecule has 1 saturated heterocycles. The maximum Gasteiger partial charge on any atom is 0.353 e. The number of aromatic amines is 1. The van der Waals surface area contributed by atoms with Crippen molar-refractivity contribution < 1.29 is 14.7 Å². The van der Waals surface area contributed by atoms with Gasteiger partial charge >= 0.3 is 5.97 Å². The van der Waals surface area contributed by atoms with E-state index >= 15 is 0 Å². The number of carboxylic acids is 1. The predicted molar refractivity (Wildman–Crippen MR) is 86.0 cm³/mol. The number of pyridine rings is 1. The Hall–Kier alpha value is -2.94. The number of nitrogens with one attached hydrogen (secondary N) is 1. The Bertz CT molecular complexity index is 904. The number of amides is 1. The summed E-state index contributed by atoms with van der Waals surface area (Å²) in [4.78, 5) is 30.1. The Morgan fingerprint density at radius 1 is 1.42 bits per heavy atom. The summed E-state index contributed by atoms with van der Waals surface area (Å²) in [5.74, 6) is -1.44. The number of hydrogen-bond donors (Lipinski definition) is 2. The van der Waals surface area contributed by atoms with Gasteiger partial charge in [0.25, 0.3) is 5.91 Å². The highest BCUT2D eigenvalue weighted by Crippen LogP contribution is 2.53. The van der Waals surface area contributed by atoms with E-state index in [9.17, 15) is 14.7 Å². The molecule has 0 spiro atoms. The van der Waals surface area contributed by atoms with E-state index in [1.165, 1.54) is 22.9 Å². The molecule has 24 heavy (non-hydrogen) atoms. The highest BCUT2D eigenvalue weighted by molar-refractivity contribution is 8.09. The number of hydrogen-bond acceptors (Lipinski definition) is 6. The molecule has 1 amide bonds. The van der Waals surface area contributed by atoms with E-state index in [-0.39, 0.29) is 17.0 Å². The fourth-order valence-corrected chi connectivity index (χ4v) is 4.26. The number of nitrogens with zero attached hydrogens (tertiary/aromatic N) is 4. The van der Waals surface area contributed by atoms with Gasteiger partial charge in [0.2, 0.25) is 0 Å². The van der Waals surface area contributed by atoms with Crippen LogP contribution in [0, 0.1) is 0 Å². The highest BCUT2D eigenvalue weighted by Gasteiger charge is 2.53. The zero-order valence-corrected chi connectivity index (χ0v) is 13.2. The normalized spacial score (nSPS) is 21.6. The summed E-state index contributed by atoms with van der Waals surface area (Å²) in [6.07, 6.45) is 4.74. The summed E-state index contributed by atoms with van der Waals surface area (Å²) in [6, 6.07) is 3.51. The van der Waals surface area contributed by atoms with Gasteiger partial charge in [0.1, 0.15) is 16.8 Å². The first-order valence-corrected chi connectivity index (χ1v) is 7.92. The lowest BCUT2D eigenvalue weighted by molar-refractivity contribution is -0.140. The van der Waals surface area contributed by atoms with Crippen LogP contribution in [0.15, 0.2) is 42.0 Å². The van der Waals surface area contributed by atoms with E-state index in [0.717, 1.165) is 0 Å². The van der Waals surface area contributed by atoms with Crippen LogP contribution in [0.3, 0.4) is 0 Å². The van der Waals surface area contributed by atoms with Gasteiger partial charge in [0.15, 0.2) is 0 Å². The van der Waals surface area contributed by atoms with Crippen LogP contribution in [0.25, 0.3) is 10.5 Å². The first-order valence-electron chi connectivity index (χ1n) is 7.04. The first kappa shape index (κ1) is 14.6. The van der Waals surface area contributed by atoms with E-state index < -0.39 is 5.97 Å². The van der Waals surface area contributed by atoms with Gasteiger partial charge in [-0.25, -0.2) is 4.79 Å². The van der Waals surface area contributed by atoms with Gasteiger partial charge in [-0.05, 0) is 18.6 Å². The first-order chi connectivity index (χ1) is 11.6. The zero-order valence-electron chi connectivity index (χ0n) is 12.4. The van der Waals surface area contributed by atoms with E-state index in [4.69, 9.17) is 0 Å². The highest BCUT2D eigenvalue weighted by atomic mass is 32.2. The summed E-state index contributed by atoms with van der Waals surface area (Å²) in [5, 5.41) is 19.4. The predicted octanol–water partition coefficient (Wildman–Crippen LogP) is 1.34. The molecule has 0 aliphatic carbocycles. The number of aromatic nitrogens is 4. The Kier molecular flexibility index (Phi) is 3.24. The van der Waals surface area contributed by atoms with Crippen molar-refractivity contribution in [2.75, 3.05) is 0 Å². The van der Waals surface area contributed by atoms with Gasteiger partial charge in [-0.3, -0.25) is 14.7 Å². The molecule has 0 unspecified atom stereocenters. The van der Waals surface area contributed by atoms with Crippen LogP contribution in [0.2, 0.25) is 0 Å². The smallest absolute Gasteiger partial charge is 0.353 e. The number of allylic oxidation sites excluding steroid dienone is 1. The maximum absolute atomic E-state index is 12.6. The Morgan fingerprint density at radius 3 is 2.88 bits per heavy atom. The molecule has 0 bridgehead atoms. The van der Waals surface area contributed by atoms with E-state index in [2.05, 4.69) is 20.4 Å². The van der Waals surface area contributed by atoms with Gasteiger partial charge in [-0.15, -0.1) is 0 Å². The second-order valence-electron chi connectivity index (χ2n) is 5.26. The van der Waals surface area contributed by atoms with Crippen LogP contribution < -0.4 is 0 Å². The summed E-state index contributed by atoms with van der Waals surface area (Å²) in [5.41, 5.74) is 2.50. The fourth-order valence-electron chi connectivity index (χ4n) is 2.78. The van der Waals surface area contributed by atoms with Crippen LogP contribution >= 0.6 is 11.8 Å². The van der Waals surface area contributed by atoms with Crippen molar-refractivity contribution in [1.29, 1.82) is 0 Å². The number of H-pyrrole nitrogens is 1. The molecule has 9 heteroatoms. The molecule has 2 aromatic rings. The minimum atomic E-state index is -1.13. The Labute approximate surface area is 140 Å². The lowest BCUT2D eigenvalue weighted by Crippen LogP contribution is -2.51. The standard InChI is InChI=1S/C15H11N5O3S/c1-7(9-6-17-19-18-9)10-13(21)20-11(15(22)23)12(24-14(10)20)8-3-2-4-16-5-8/h2-6,14H,1H3,(H,22,23)(H,17,18,19)/t14-/m1/s1. The van der Waals surface area contributed by atoms with E-state index in [0.29, 0.717) is 27.3 Å². The molecule has 1 atom stereocenters. The SMILES string of the molecule is CC(=C1C(=O)N2C(C(=O)O)=C(c3cccnc3)S[C@H]12)c1cn[nH]n1. The largest absolute Gasteiger partial charge is 0.477 e. The monoisotopic (exact) mass is 341 g/mol. The van der Waals surface area contributed by atoms with Gasteiger partial charge in [0, 0.05) is 22.9 Å². The lowest BCUT2D eigenvalue weighted by atomic mass is 9.97.